The van der Waals surface area contributed by atoms with Crippen LogP contribution in [-0.2, 0) is 10.5 Å². The van der Waals surface area contributed by atoms with E-state index >= 15 is 0 Å². The molecule has 0 saturated heterocycles. The molecule has 4 aromatic rings. The van der Waals surface area contributed by atoms with Crippen LogP contribution in [0.5, 0.6) is 0 Å². The number of carbonyl (C=O) groups excluding carboxylic acids is 1. The second kappa shape index (κ2) is 9.89. The van der Waals surface area contributed by atoms with Crippen LogP contribution < -0.4 is 10.6 Å². The lowest BCUT2D eigenvalue weighted by Gasteiger charge is -2.27. The number of allylic oxidation sites excluding steroid dienone is 1. The van der Waals surface area contributed by atoms with E-state index in [9.17, 15) is 4.79 Å². The monoisotopic (exact) mass is 521 g/mol. The SMILES string of the molecule is CC1=C(C(=O)Nc2ccc(C)cc2C)[C@H](c2cccs2)n2nc(SCc3ccc(Cl)cc3)nc2N1. The van der Waals surface area contributed by atoms with Crippen LogP contribution >= 0.6 is 34.7 Å². The number of carbonyl (C=O) groups is 1. The highest BCUT2D eigenvalue weighted by atomic mass is 35.5. The third-order valence-corrected chi connectivity index (χ3v) is 7.89. The molecule has 1 atom stereocenters. The molecule has 0 fully saturated rings. The van der Waals surface area contributed by atoms with Crippen molar-refractivity contribution in [3.05, 3.63) is 97.8 Å². The number of thiophene rings is 1. The van der Waals surface area contributed by atoms with Crippen molar-refractivity contribution >= 4 is 52.2 Å². The first-order valence-electron chi connectivity index (χ1n) is 11.1. The molecule has 1 amide bonds. The number of hydrogen-bond donors (Lipinski definition) is 2. The van der Waals surface area contributed by atoms with Gasteiger partial charge in [-0.1, -0.05) is 59.3 Å². The molecule has 0 saturated carbocycles. The average molecular weight is 522 g/mol. The Morgan fingerprint density at radius 1 is 1.17 bits per heavy atom. The molecule has 2 N–H and O–H groups in total. The molecule has 0 radical (unpaired) electrons. The highest BCUT2D eigenvalue weighted by molar-refractivity contribution is 7.98. The number of aromatic nitrogens is 3. The molecular formula is C26H24ClN5OS2. The zero-order chi connectivity index (χ0) is 24.5. The lowest BCUT2D eigenvalue weighted by molar-refractivity contribution is -0.113. The van der Waals surface area contributed by atoms with Gasteiger partial charge in [0, 0.05) is 27.0 Å². The molecule has 6 nitrogen and oxygen atoms in total. The van der Waals surface area contributed by atoms with Crippen molar-refractivity contribution in [2.24, 2.45) is 0 Å². The van der Waals surface area contributed by atoms with Gasteiger partial charge in [0.2, 0.25) is 11.1 Å². The van der Waals surface area contributed by atoms with E-state index in [1.54, 1.807) is 23.1 Å². The Morgan fingerprint density at radius 3 is 2.69 bits per heavy atom. The van der Waals surface area contributed by atoms with Crippen LogP contribution in [0.3, 0.4) is 0 Å². The summed E-state index contributed by atoms with van der Waals surface area (Å²) in [5.41, 5.74) is 5.50. The molecule has 5 rings (SSSR count). The van der Waals surface area contributed by atoms with Gasteiger partial charge in [0.15, 0.2) is 0 Å². The number of hydrogen-bond acceptors (Lipinski definition) is 6. The molecule has 2 aromatic heterocycles. The van der Waals surface area contributed by atoms with Crippen LogP contribution in [0.2, 0.25) is 5.02 Å². The summed E-state index contributed by atoms with van der Waals surface area (Å²) in [4.78, 5) is 19.3. The average Bonchev–Trinajstić information content (AvgIpc) is 3.49. The lowest BCUT2D eigenvalue weighted by Crippen LogP contribution is -2.31. The normalized spacial score (nSPS) is 15.0. The number of benzene rings is 2. The maximum Gasteiger partial charge on any atom is 0.255 e. The Kier molecular flexibility index (Phi) is 6.69. The van der Waals surface area contributed by atoms with Gasteiger partial charge in [-0.2, -0.15) is 4.98 Å². The quantitative estimate of drug-likeness (QED) is 0.272. The van der Waals surface area contributed by atoms with Gasteiger partial charge >= 0.3 is 0 Å². The van der Waals surface area contributed by atoms with Gasteiger partial charge in [-0.3, -0.25) is 4.79 Å². The summed E-state index contributed by atoms with van der Waals surface area (Å²) < 4.78 is 1.82. The number of aryl methyl sites for hydroxylation is 2. The van der Waals surface area contributed by atoms with E-state index < -0.39 is 0 Å². The summed E-state index contributed by atoms with van der Waals surface area (Å²) in [6.07, 6.45) is 0. The first kappa shape index (κ1) is 23.7. The van der Waals surface area contributed by atoms with Crippen molar-refractivity contribution in [2.45, 2.75) is 37.7 Å². The molecule has 2 aromatic carbocycles. The number of anilines is 2. The molecule has 35 heavy (non-hydrogen) atoms. The first-order valence-corrected chi connectivity index (χ1v) is 13.4. The fourth-order valence-electron chi connectivity index (χ4n) is 4.07. The Hall–Kier alpha value is -3.07. The predicted molar refractivity (Wildman–Crippen MR) is 144 cm³/mol. The largest absolute Gasteiger partial charge is 0.328 e. The molecule has 0 bridgehead atoms. The topological polar surface area (TPSA) is 71.8 Å². The molecule has 9 heteroatoms. The fraction of sp³-hybridized carbons (Fsp3) is 0.192. The van der Waals surface area contributed by atoms with Crippen LogP contribution in [0.1, 0.15) is 34.5 Å². The zero-order valence-electron chi connectivity index (χ0n) is 19.5. The number of fused-ring (bicyclic) bond motifs is 1. The van der Waals surface area contributed by atoms with Gasteiger partial charge in [0.1, 0.15) is 6.04 Å². The number of rotatable bonds is 6. The molecular weight excluding hydrogens is 498 g/mol. The number of halogens is 1. The minimum atomic E-state index is -0.366. The van der Waals surface area contributed by atoms with E-state index in [1.165, 1.54) is 0 Å². The van der Waals surface area contributed by atoms with E-state index in [0.29, 0.717) is 21.7 Å². The molecule has 178 valence electrons. The Labute approximate surface area is 217 Å². The zero-order valence-corrected chi connectivity index (χ0v) is 21.9. The maximum atomic E-state index is 13.6. The Bertz CT molecular complexity index is 1410. The second-order valence-electron chi connectivity index (χ2n) is 8.43. The van der Waals surface area contributed by atoms with Crippen molar-refractivity contribution < 1.29 is 4.79 Å². The summed E-state index contributed by atoms with van der Waals surface area (Å²) in [6, 6.07) is 17.4. The number of amides is 1. The van der Waals surface area contributed by atoms with Crippen molar-refractivity contribution in [1.29, 1.82) is 0 Å². The summed E-state index contributed by atoms with van der Waals surface area (Å²) in [6.45, 7) is 5.95. The number of thioether (sulfide) groups is 1. The summed E-state index contributed by atoms with van der Waals surface area (Å²) in [5.74, 6) is 1.19. The van der Waals surface area contributed by atoms with E-state index in [0.717, 1.165) is 38.7 Å². The molecule has 3 heterocycles. The van der Waals surface area contributed by atoms with Crippen LogP contribution in [-0.4, -0.2) is 20.7 Å². The van der Waals surface area contributed by atoms with Crippen molar-refractivity contribution in [1.82, 2.24) is 14.8 Å². The van der Waals surface area contributed by atoms with Gasteiger partial charge in [-0.05, 0) is 61.5 Å². The van der Waals surface area contributed by atoms with Crippen molar-refractivity contribution in [3.8, 4) is 0 Å². The number of nitrogens with zero attached hydrogens (tertiary/aromatic N) is 3. The molecule has 1 aliphatic rings. The minimum Gasteiger partial charge on any atom is -0.328 e. The van der Waals surface area contributed by atoms with Crippen LogP contribution in [0.15, 0.2) is 76.4 Å². The fourth-order valence-corrected chi connectivity index (χ4v) is 5.80. The number of nitrogens with one attached hydrogen (secondary N) is 2. The van der Waals surface area contributed by atoms with E-state index in [1.807, 2.05) is 79.4 Å². The maximum absolute atomic E-state index is 13.6. The second-order valence-corrected chi connectivity index (χ2v) is 10.8. The van der Waals surface area contributed by atoms with E-state index in [-0.39, 0.29) is 11.9 Å². The smallest absolute Gasteiger partial charge is 0.255 e. The van der Waals surface area contributed by atoms with Crippen molar-refractivity contribution in [3.63, 3.8) is 0 Å². The van der Waals surface area contributed by atoms with E-state index in [4.69, 9.17) is 21.7 Å². The standard InChI is InChI=1S/C26H24ClN5OS2/c1-15-6-11-20(16(2)13-15)29-24(33)22-17(3)28-25-30-26(35-14-18-7-9-19(27)10-8-18)31-32(25)23(22)21-5-4-12-34-21/h4-13,23H,14H2,1-3H3,(H,29,33)(H,28,30,31)/t23-/m0/s1. The third kappa shape index (κ3) is 5.00. The van der Waals surface area contributed by atoms with Crippen LogP contribution in [0.25, 0.3) is 0 Å². The Morgan fingerprint density at radius 2 is 1.97 bits per heavy atom. The predicted octanol–water partition coefficient (Wildman–Crippen LogP) is 6.83. The summed E-state index contributed by atoms with van der Waals surface area (Å²) >= 11 is 9.15. The lowest BCUT2D eigenvalue weighted by atomic mass is 10.0. The van der Waals surface area contributed by atoms with Gasteiger partial charge < -0.3 is 10.6 Å². The van der Waals surface area contributed by atoms with Gasteiger partial charge in [-0.15, -0.1) is 16.4 Å². The first-order chi connectivity index (χ1) is 16.9. The van der Waals surface area contributed by atoms with Crippen LogP contribution in [0.4, 0.5) is 11.6 Å². The third-order valence-electron chi connectivity index (χ3n) is 5.80. The van der Waals surface area contributed by atoms with Crippen molar-refractivity contribution in [2.75, 3.05) is 10.6 Å². The van der Waals surface area contributed by atoms with Crippen LogP contribution in [0, 0.1) is 13.8 Å². The molecule has 0 spiro atoms. The highest BCUT2D eigenvalue weighted by Crippen LogP contribution is 2.38. The summed E-state index contributed by atoms with van der Waals surface area (Å²) in [7, 11) is 0. The molecule has 1 aliphatic heterocycles. The van der Waals surface area contributed by atoms with Gasteiger partial charge in [0.25, 0.3) is 5.91 Å². The van der Waals surface area contributed by atoms with Gasteiger partial charge in [0.05, 0.1) is 5.57 Å². The van der Waals surface area contributed by atoms with Gasteiger partial charge in [-0.25, -0.2) is 4.68 Å². The highest BCUT2D eigenvalue weighted by Gasteiger charge is 2.35. The molecule has 0 unspecified atom stereocenters. The minimum absolute atomic E-state index is 0.156. The molecule has 0 aliphatic carbocycles. The Balaban J connectivity index is 1.44. The summed E-state index contributed by atoms with van der Waals surface area (Å²) in [5, 5.41) is 14.6. The van der Waals surface area contributed by atoms with E-state index in [2.05, 4.69) is 16.7 Å².